The number of carbonyl (C=O) groups is 1. The number of fused-ring (bicyclic) bond motifs is 1. The molecule has 4 nitrogen and oxygen atoms in total. The van der Waals surface area contributed by atoms with Crippen LogP contribution in [-0.4, -0.2) is 21.0 Å². The highest BCUT2D eigenvalue weighted by atomic mass is 16.4. The van der Waals surface area contributed by atoms with Crippen LogP contribution in [0.15, 0.2) is 18.2 Å². The minimum Gasteiger partial charge on any atom is -0.481 e. The lowest BCUT2D eigenvalue weighted by Crippen LogP contribution is -2.21. The Morgan fingerprint density at radius 3 is 2.82 bits per heavy atom. The number of aromatic amines is 1. The van der Waals surface area contributed by atoms with Crippen LogP contribution in [0, 0.1) is 6.92 Å². The van der Waals surface area contributed by atoms with Crippen molar-refractivity contribution >= 4 is 17.0 Å². The van der Waals surface area contributed by atoms with Crippen LogP contribution in [0.4, 0.5) is 0 Å². The summed E-state index contributed by atoms with van der Waals surface area (Å²) in [6.45, 7) is 5.78. The van der Waals surface area contributed by atoms with Gasteiger partial charge in [-0.1, -0.05) is 19.9 Å². The van der Waals surface area contributed by atoms with Crippen molar-refractivity contribution in [2.45, 2.75) is 32.6 Å². The van der Waals surface area contributed by atoms with E-state index in [1.54, 1.807) is 0 Å². The summed E-state index contributed by atoms with van der Waals surface area (Å²) < 4.78 is 0. The van der Waals surface area contributed by atoms with Crippen LogP contribution in [0.1, 0.15) is 31.7 Å². The number of imidazole rings is 1. The van der Waals surface area contributed by atoms with Crippen LogP contribution in [0.3, 0.4) is 0 Å². The van der Waals surface area contributed by atoms with E-state index < -0.39 is 5.97 Å². The number of carboxylic acids is 1. The van der Waals surface area contributed by atoms with E-state index in [2.05, 4.69) is 9.97 Å². The maximum Gasteiger partial charge on any atom is 0.304 e. The SMILES string of the molecule is Cc1nc2ccc(C(C)(C)CC(=O)O)cc2[nH]1. The second-order valence-electron chi connectivity index (χ2n) is 5.01. The predicted octanol–water partition coefficient (Wildman–Crippen LogP) is 2.62. The molecule has 0 amide bonds. The molecule has 0 aliphatic heterocycles. The molecule has 0 saturated heterocycles. The van der Waals surface area contributed by atoms with Crippen LogP contribution < -0.4 is 0 Å². The lowest BCUT2D eigenvalue weighted by atomic mass is 9.81. The summed E-state index contributed by atoms with van der Waals surface area (Å²) in [4.78, 5) is 18.3. The van der Waals surface area contributed by atoms with Crippen molar-refractivity contribution in [2.75, 3.05) is 0 Å². The van der Waals surface area contributed by atoms with Gasteiger partial charge in [-0.15, -0.1) is 0 Å². The Morgan fingerprint density at radius 2 is 2.18 bits per heavy atom. The molecule has 0 spiro atoms. The van der Waals surface area contributed by atoms with Gasteiger partial charge in [-0.3, -0.25) is 4.79 Å². The number of hydrogen-bond donors (Lipinski definition) is 2. The van der Waals surface area contributed by atoms with Crippen molar-refractivity contribution in [2.24, 2.45) is 0 Å². The van der Waals surface area contributed by atoms with Gasteiger partial charge >= 0.3 is 5.97 Å². The van der Waals surface area contributed by atoms with Gasteiger partial charge in [0.2, 0.25) is 0 Å². The predicted molar refractivity (Wildman–Crippen MR) is 66.1 cm³/mol. The Morgan fingerprint density at radius 1 is 1.47 bits per heavy atom. The molecule has 0 fully saturated rings. The van der Waals surface area contributed by atoms with E-state index in [0.29, 0.717) is 0 Å². The van der Waals surface area contributed by atoms with Crippen molar-refractivity contribution in [3.63, 3.8) is 0 Å². The van der Waals surface area contributed by atoms with E-state index in [0.717, 1.165) is 22.4 Å². The Hall–Kier alpha value is -1.84. The number of aryl methyl sites for hydroxylation is 1. The molecule has 0 aliphatic carbocycles. The van der Waals surface area contributed by atoms with Crippen LogP contribution in [0.2, 0.25) is 0 Å². The van der Waals surface area contributed by atoms with Crippen molar-refractivity contribution in [1.29, 1.82) is 0 Å². The molecule has 2 rings (SSSR count). The lowest BCUT2D eigenvalue weighted by molar-refractivity contribution is -0.138. The Labute approximate surface area is 99.7 Å². The van der Waals surface area contributed by atoms with E-state index in [4.69, 9.17) is 5.11 Å². The summed E-state index contributed by atoms with van der Waals surface area (Å²) >= 11 is 0. The highest BCUT2D eigenvalue weighted by molar-refractivity contribution is 5.77. The number of rotatable bonds is 3. The number of carboxylic acid groups (broad SMARTS) is 1. The maximum absolute atomic E-state index is 10.8. The van der Waals surface area contributed by atoms with Crippen LogP contribution in [0.5, 0.6) is 0 Å². The second-order valence-corrected chi connectivity index (χ2v) is 5.01. The van der Waals surface area contributed by atoms with E-state index >= 15 is 0 Å². The van der Waals surface area contributed by atoms with Gasteiger partial charge < -0.3 is 10.1 Å². The fourth-order valence-corrected chi connectivity index (χ4v) is 2.04. The van der Waals surface area contributed by atoms with Gasteiger partial charge in [-0.25, -0.2) is 4.98 Å². The highest BCUT2D eigenvalue weighted by Gasteiger charge is 2.24. The summed E-state index contributed by atoms with van der Waals surface area (Å²) in [5, 5.41) is 8.91. The smallest absolute Gasteiger partial charge is 0.304 e. The molecule has 4 heteroatoms. The Bertz CT molecular complexity index is 570. The molecule has 0 saturated carbocycles. The lowest BCUT2D eigenvalue weighted by Gasteiger charge is -2.22. The molecular formula is C13H16N2O2. The molecule has 1 aromatic carbocycles. The molecule has 1 heterocycles. The number of nitrogens with one attached hydrogen (secondary N) is 1. The van der Waals surface area contributed by atoms with Crippen molar-refractivity contribution in [1.82, 2.24) is 9.97 Å². The zero-order chi connectivity index (χ0) is 12.6. The number of H-pyrrole nitrogens is 1. The van der Waals surface area contributed by atoms with Gasteiger partial charge in [0, 0.05) is 5.41 Å². The maximum atomic E-state index is 10.8. The fourth-order valence-electron chi connectivity index (χ4n) is 2.04. The second kappa shape index (κ2) is 3.87. The minimum atomic E-state index is -0.782. The first-order valence-electron chi connectivity index (χ1n) is 5.57. The molecule has 0 bridgehead atoms. The third-order valence-corrected chi connectivity index (χ3v) is 2.97. The standard InChI is InChI=1S/C13H16N2O2/c1-8-14-10-5-4-9(6-11(10)15-8)13(2,3)7-12(16)17/h4-6H,7H2,1-3H3,(H,14,15)(H,16,17). The summed E-state index contributed by atoms with van der Waals surface area (Å²) in [6.07, 6.45) is 0.117. The van der Waals surface area contributed by atoms with Crippen LogP contribution >= 0.6 is 0 Å². The normalized spacial score (nSPS) is 11.9. The Balaban J connectivity index is 2.44. The number of aliphatic carboxylic acids is 1. The molecule has 90 valence electrons. The van der Waals surface area contributed by atoms with Gasteiger partial charge in [-0.2, -0.15) is 0 Å². The van der Waals surface area contributed by atoms with E-state index in [9.17, 15) is 4.79 Å². The first-order chi connectivity index (χ1) is 7.88. The van der Waals surface area contributed by atoms with Gasteiger partial charge in [0.1, 0.15) is 5.82 Å². The number of nitrogens with zero attached hydrogens (tertiary/aromatic N) is 1. The average molecular weight is 232 g/mol. The zero-order valence-corrected chi connectivity index (χ0v) is 10.2. The van der Waals surface area contributed by atoms with Gasteiger partial charge in [0.15, 0.2) is 0 Å². The Kier molecular flexibility index (Phi) is 2.65. The van der Waals surface area contributed by atoms with Crippen LogP contribution in [0.25, 0.3) is 11.0 Å². The average Bonchev–Trinajstić information content (AvgIpc) is 2.54. The van der Waals surface area contributed by atoms with E-state index in [1.807, 2.05) is 39.0 Å². The molecule has 0 radical (unpaired) electrons. The third-order valence-electron chi connectivity index (χ3n) is 2.97. The summed E-state index contributed by atoms with van der Waals surface area (Å²) in [7, 11) is 0. The minimum absolute atomic E-state index is 0.117. The van der Waals surface area contributed by atoms with Gasteiger partial charge in [0.05, 0.1) is 17.5 Å². The van der Waals surface area contributed by atoms with Gasteiger partial charge in [-0.05, 0) is 24.6 Å². The molecule has 17 heavy (non-hydrogen) atoms. The van der Waals surface area contributed by atoms with Crippen LogP contribution in [-0.2, 0) is 10.2 Å². The molecular weight excluding hydrogens is 216 g/mol. The van der Waals surface area contributed by atoms with Crippen molar-refractivity contribution < 1.29 is 9.90 Å². The van der Waals surface area contributed by atoms with Crippen molar-refractivity contribution in [3.05, 3.63) is 29.6 Å². The number of hydrogen-bond acceptors (Lipinski definition) is 2. The molecule has 2 aromatic rings. The van der Waals surface area contributed by atoms with E-state index in [-0.39, 0.29) is 11.8 Å². The quantitative estimate of drug-likeness (QED) is 0.854. The third kappa shape index (κ3) is 2.30. The molecule has 2 N–H and O–H groups in total. The monoisotopic (exact) mass is 232 g/mol. The number of aromatic nitrogens is 2. The summed E-state index contributed by atoms with van der Waals surface area (Å²) in [5.74, 6) is 0.0871. The first kappa shape index (κ1) is 11.6. The molecule has 0 unspecified atom stereocenters. The fraction of sp³-hybridized carbons (Fsp3) is 0.385. The van der Waals surface area contributed by atoms with Crippen molar-refractivity contribution in [3.8, 4) is 0 Å². The largest absolute Gasteiger partial charge is 0.481 e. The first-order valence-corrected chi connectivity index (χ1v) is 5.57. The van der Waals surface area contributed by atoms with E-state index in [1.165, 1.54) is 0 Å². The zero-order valence-electron chi connectivity index (χ0n) is 10.2. The molecule has 0 aliphatic rings. The summed E-state index contributed by atoms with van der Waals surface area (Å²) in [5.41, 5.74) is 2.51. The highest BCUT2D eigenvalue weighted by Crippen LogP contribution is 2.29. The molecule has 0 atom stereocenters. The molecule has 1 aromatic heterocycles. The number of benzene rings is 1. The topological polar surface area (TPSA) is 66.0 Å². The summed E-state index contributed by atoms with van der Waals surface area (Å²) in [6, 6.07) is 5.86. The van der Waals surface area contributed by atoms with Gasteiger partial charge in [0.25, 0.3) is 0 Å².